The highest BCUT2D eigenvalue weighted by Gasteiger charge is 2.09. The fourth-order valence-corrected chi connectivity index (χ4v) is 1.74. The van der Waals surface area contributed by atoms with Crippen molar-refractivity contribution in [2.75, 3.05) is 6.61 Å². The molecule has 0 unspecified atom stereocenters. The quantitative estimate of drug-likeness (QED) is 0.732. The van der Waals surface area contributed by atoms with E-state index in [-0.39, 0.29) is 5.97 Å². The number of nitriles is 1. The molecular formula is C14H17NO2. The minimum atomic E-state index is -0.298. The van der Waals surface area contributed by atoms with Gasteiger partial charge < -0.3 is 4.74 Å². The van der Waals surface area contributed by atoms with E-state index in [9.17, 15) is 4.79 Å². The number of hydrogen-bond donors (Lipinski definition) is 0. The lowest BCUT2D eigenvalue weighted by atomic mass is 9.98. The van der Waals surface area contributed by atoms with Crippen molar-refractivity contribution in [2.45, 2.75) is 33.1 Å². The zero-order chi connectivity index (χ0) is 12.7. The first-order chi connectivity index (χ1) is 8.22. The fraction of sp³-hybridized carbons (Fsp3) is 0.429. The van der Waals surface area contributed by atoms with Crippen LogP contribution < -0.4 is 0 Å². The number of benzene rings is 1. The van der Waals surface area contributed by atoms with Gasteiger partial charge >= 0.3 is 5.97 Å². The number of aryl methyl sites for hydroxylation is 2. The van der Waals surface area contributed by atoms with E-state index >= 15 is 0 Å². The normalized spacial score (nSPS) is 9.71. The summed E-state index contributed by atoms with van der Waals surface area (Å²) in [5.41, 5.74) is 2.82. The monoisotopic (exact) mass is 231 g/mol. The van der Waals surface area contributed by atoms with E-state index < -0.39 is 0 Å². The number of rotatable bonds is 5. The molecule has 0 radical (unpaired) electrons. The van der Waals surface area contributed by atoms with Crippen molar-refractivity contribution in [3.05, 3.63) is 34.9 Å². The summed E-state index contributed by atoms with van der Waals surface area (Å²) in [7, 11) is 0. The van der Waals surface area contributed by atoms with Crippen LogP contribution >= 0.6 is 0 Å². The van der Waals surface area contributed by atoms with E-state index in [0.29, 0.717) is 25.0 Å². The largest absolute Gasteiger partial charge is 0.462 e. The van der Waals surface area contributed by atoms with Gasteiger partial charge in [-0.05, 0) is 43.0 Å². The van der Waals surface area contributed by atoms with Gasteiger partial charge in [0.05, 0.1) is 18.2 Å². The Kier molecular flexibility index (Phi) is 5.22. The van der Waals surface area contributed by atoms with E-state index in [1.165, 1.54) is 5.56 Å². The maximum absolute atomic E-state index is 11.6. The summed E-state index contributed by atoms with van der Waals surface area (Å²) in [5, 5.41) is 8.61. The molecule has 90 valence electrons. The number of carbonyl (C=O) groups excluding carboxylic acids is 1. The van der Waals surface area contributed by atoms with E-state index in [0.717, 1.165) is 12.0 Å². The Bertz CT molecular complexity index is 432. The highest BCUT2D eigenvalue weighted by atomic mass is 16.5. The smallest absolute Gasteiger partial charge is 0.338 e. The van der Waals surface area contributed by atoms with Crippen LogP contribution in [-0.4, -0.2) is 12.6 Å². The Morgan fingerprint density at radius 2 is 2.12 bits per heavy atom. The second-order valence-electron chi connectivity index (χ2n) is 3.72. The molecule has 0 N–H and O–H groups in total. The molecule has 0 bridgehead atoms. The van der Waals surface area contributed by atoms with Gasteiger partial charge in [-0.1, -0.05) is 13.0 Å². The molecule has 3 nitrogen and oxygen atoms in total. The van der Waals surface area contributed by atoms with Crippen LogP contribution in [0.25, 0.3) is 0 Å². The lowest BCUT2D eigenvalue weighted by molar-refractivity contribution is 0.0526. The summed E-state index contributed by atoms with van der Waals surface area (Å²) in [6.07, 6.45) is 2.07. The summed E-state index contributed by atoms with van der Waals surface area (Å²) < 4.78 is 4.96. The van der Waals surface area contributed by atoms with Gasteiger partial charge in [-0.15, -0.1) is 0 Å². The second kappa shape index (κ2) is 6.70. The number of hydrogen-bond acceptors (Lipinski definition) is 3. The summed E-state index contributed by atoms with van der Waals surface area (Å²) in [4.78, 5) is 11.6. The van der Waals surface area contributed by atoms with Crippen molar-refractivity contribution < 1.29 is 9.53 Å². The van der Waals surface area contributed by atoms with Crippen LogP contribution in [0.1, 0.15) is 41.8 Å². The maximum atomic E-state index is 11.6. The van der Waals surface area contributed by atoms with Crippen molar-refractivity contribution in [3.8, 4) is 6.07 Å². The molecule has 0 saturated heterocycles. The molecule has 0 aromatic heterocycles. The van der Waals surface area contributed by atoms with E-state index in [2.05, 4.69) is 13.0 Å². The van der Waals surface area contributed by atoms with Gasteiger partial charge in [0, 0.05) is 6.42 Å². The predicted molar refractivity (Wildman–Crippen MR) is 65.7 cm³/mol. The van der Waals surface area contributed by atoms with Crippen LogP contribution in [0.5, 0.6) is 0 Å². The summed E-state index contributed by atoms with van der Waals surface area (Å²) in [6.45, 7) is 4.23. The highest BCUT2D eigenvalue weighted by Crippen LogP contribution is 2.15. The molecule has 17 heavy (non-hydrogen) atoms. The minimum Gasteiger partial charge on any atom is -0.462 e. The predicted octanol–water partition coefficient (Wildman–Crippen LogP) is 2.88. The molecule has 1 aromatic carbocycles. The van der Waals surface area contributed by atoms with Crippen molar-refractivity contribution in [3.63, 3.8) is 0 Å². The molecule has 0 heterocycles. The van der Waals surface area contributed by atoms with Crippen LogP contribution in [0.2, 0.25) is 0 Å². The molecule has 0 amide bonds. The zero-order valence-corrected chi connectivity index (χ0v) is 10.3. The SMILES string of the molecule is CCOC(=O)c1ccc(CC)c(CCC#N)c1. The topological polar surface area (TPSA) is 50.1 Å². The molecular weight excluding hydrogens is 214 g/mol. The average Bonchev–Trinajstić information content (AvgIpc) is 2.36. The molecule has 3 heteroatoms. The summed E-state index contributed by atoms with van der Waals surface area (Å²) in [6, 6.07) is 7.69. The lowest BCUT2D eigenvalue weighted by Crippen LogP contribution is -2.06. The first kappa shape index (κ1) is 13.2. The Labute approximate surface area is 102 Å². The minimum absolute atomic E-state index is 0.298. The van der Waals surface area contributed by atoms with Gasteiger partial charge in [-0.25, -0.2) is 4.79 Å². The van der Waals surface area contributed by atoms with Gasteiger partial charge in [0.15, 0.2) is 0 Å². The van der Waals surface area contributed by atoms with Crippen LogP contribution in [0.4, 0.5) is 0 Å². The molecule has 0 atom stereocenters. The molecule has 0 aliphatic carbocycles. The van der Waals surface area contributed by atoms with E-state index in [4.69, 9.17) is 10.00 Å². The van der Waals surface area contributed by atoms with Crippen molar-refractivity contribution in [1.82, 2.24) is 0 Å². The Morgan fingerprint density at radius 1 is 1.35 bits per heavy atom. The van der Waals surface area contributed by atoms with Gasteiger partial charge in [0.2, 0.25) is 0 Å². The Hall–Kier alpha value is -1.82. The first-order valence-electron chi connectivity index (χ1n) is 5.88. The molecule has 1 aromatic rings. The summed E-state index contributed by atoms with van der Waals surface area (Å²) in [5.74, 6) is -0.298. The fourth-order valence-electron chi connectivity index (χ4n) is 1.74. The molecule has 0 aliphatic heterocycles. The van der Waals surface area contributed by atoms with Crippen LogP contribution in [-0.2, 0) is 17.6 Å². The Balaban J connectivity index is 2.96. The van der Waals surface area contributed by atoms with Crippen LogP contribution in [0, 0.1) is 11.3 Å². The second-order valence-corrected chi connectivity index (χ2v) is 3.72. The third-order valence-electron chi connectivity index (χ3n) is 2.60. The molecule has 0 spiro atoms. The Morgan fingerprint density at radius 3 is 2.71 bits per heavy atom. The summed E-state index contributed by atoms with van der Waals surface area (Å²) >= 11 is 0. The van der Waals surface area contributed by atoms with E-state index in [1.54, 1.807) is 13.0 Å². The average molecular weight is 231 g/mol. The number of carbonyl (C=O) groups is 1. The third kappa shape index (κ3) is 3.60. The van der Waals surface area contributed by atoms with Gasteiger partial charge in [-0.3, -0.25) is 0 Å². The number of esters is 1. The number of nitrogens with zero attached hydrogens (tertiary/aromatic N) is 1. The van der Waals surface area contributed by atoms with Crippen molar-refractivity contribution >= 4 is 5.97 Å². The third-order valence-corrected chi connectivity index (χ3v) is 2.60. The standard InChI is InChI=1S/C14H17NO2/c1-3-11-7-8-13(14(16)17-4-2)10-12(11)6-5-9-15/h7-8,10H,3-6H2,1-2H3. The maximum Gasteiger partial charge on any atom is 0.338 e. The highest BCUT2D eigenvalue weighted by molar-refractivity contribution is 5.89. The molecule has 0 aliphatic rings. The van der Waals surface area contributed by atoms with Gasteiger partial charge in [-0.2, -0.15) is 5.26 Å². The van der Waals surface area contributed by atoms with Crippen LogP contribution in [0.15, 0.2) is 18.2 Å². The van der Waals surface area contributed by atoms with Crippen molar-refractivity contribution in [2.24, 2.45) is 0 Å². The molecule has 0 saturated carbocycles. The zero-order valence-electron chi connectivity index (χ0n) is 10.3. The lowest BCUT2D eigenvalue weighted by Gasteiger charge is -2.08. The number of ether oxygens (including phenoxy) is 1. The molecule has 0 fully saturated rings. The van der Waals surface area contributed by atoms with E-state index in [1.807, 2.05) is 12.1 Å². The van der Waals surface area contributed by atoms with Crippen molar-refractivity contribution in [1.29, 1.82) is 5.26 Å². The van der Waals surface area contributed by atoms with Gasteiger partial charge in [0.25, 0.3) is 0 Å². The van der Waals surface area contributed by atoms with Crippen LogP contribution in [0.3, 0.4) is 0 Å². The first-order valence-corrected chi connectivity index (χ1v) is 5.88. The van der Waals surface area contributed by atoms with Gasteiger partial charge in [0.1, 0.15) is 0 Å². The molecule has 1 rings (SSSR count).